The fraction of sp³-hybridized carbons (Fsp3) is 0.143. The van der Waals surface area contributed by atoms with Gasteiger partial charge >= 0.3 is 0 Å². The van der Waals surface area contributed by atoms with Crippen molar-refractivity contribution >= 4 is 11.6 Å². The van der Waals surface area contributed by atoms with Crippen molar-refractivity contribution in [1.82, 2.24) is 4.98 Å². The van der Waals surface area contributed by atoms with Gasteiger partial charge < -0.3 is 11.1 Å². The second-order valence-corrected chi connectivity index (χ2v) is 4.02. The normalized spacial score (nSPS) is 10.1. The molecule has 0 bridgehead atoms. The third kappa shape index (κ3) is 2.73. The molecule has 0 atom stereocenters. The molecule has 0 unspecified atom stereocenters. The van der Waals surface area contributed by atoms with Crippen molar-refractivity contribution in [1.29, 1.82) is 0 Å². The van der Waals surface area contributed by atoms with Crippen molar-refractivity contribution in [2.24, 2.45) is 5.73 Å². The van der Waals surface area contributed by atoms with E-state index < -0.39 is 0 Å². The molecule has 0 radical (unpaired) electrons. The van der Waals surface area contributed by atoms with Gasteiger partial charge in [-0.05, 0) is 30.2 Å². The van der Waals surface area contributed by atoms with Gasteiger partial charge in [0.15, 0.2) is 0 Å². The first-order valence-electron chi connectivity index (χ1n) is 5.72. The zero-order valence-electron chi connectivity index (χ0n) is 10.2. The molecule has 4 heteroatoms. The van der Waals surface area contributed by atoms with E-state index >= 15 is 0 Å². The van der Waals surface area contributed by atoms with Crippen LogP contribution in [0, 0.1) is 6.92 Å². The third-order valence-corrected chi connectivity index (χ3v) is 2.69. The van der Waals surface area contributed by atoms with Crippen LogP contribution in [0.1, 0.15) is 21.6 Å². The highest BCUT2D eigenvalue weighted by molar-refractivity contribution is 6.03. The summed E-state index contributed by atoms with van der Waals surface area (Å²) < 4.78 is 0. The number of amides is 1. The molecule has 0 aliphatic rings. The lowest BCUT2D eigenvalue weighted by Gasteiger charge is -2.07. The Bertz CT molecular complexity index is 549. The number of pyridine rings is 1. The van der Waals surface area contributed by atoms with E-state index in [9.17, 15) is 4.79 Å². The second-order valence-electron chi connectivity index (χ2n) is 4.02. The summed E-state index contributed by atoms with van der Waals surface area (Å²) in [6, 6.07) is 11.1. The molecule has 0 fully saturated rings. The average Bonchev–Trinajstić information content (AvgIpc) is 2.41. The molecular formula is C14H15N3O. The molecule has 1 amide bonds. The van der Waals surface area contributed by atoms with Crippen molar-refractivity contribution in [3.63, 3.8) is 0 Å². The smallest absolute Gasteiger partial charge is 0.274 e. The molecule has 0 spiro atoms. The number of aryl methyl sites for hydroxylation is 1. The maximum Gasteiger partial charge on any atom is 0.274 e. The third-order valence-electron chi connectivity index (χ3n) is 2.69. The number of carbonyl (C=O) groups is 1. The van der Waals surface area contributed by atoms with E-state index in [2.05, 4.69) is 10.3 Å². The van der Waals surface area contributed by atoms with E-state index in [0.717, 1.165) is 16.8 Å². The highest BCUT2D eigenvalue weighted by Crippen LogP contribution is 2.14. The predicted octanol–water partition coefficient (Wildman–Crippen LogP) is 2.10. The minimum atomic E-state index is -0.215. The predicted molar refractivity (Wildman–Crippen MR) is 71.3 cm³/mol. The molecule has 0 saturated heterocycles. The summed E-state index contributed by atoms with van der Waals surface area (Å²) in [5.74, 6) is -0.215. The largest absolute Gasteiger partial charge is 0.326 e. The Kier molecular flexibility index (Phi) is 3.69. The molecule has 92 valence electrons. The van der Waals surface area contributed by atoms with Gasteiger partial charge in [-0.3, -0.25) is 9.78 Å². The number of carbonyl (C=O) groups excluding carboxylic acids is 1. The first kappa shape index (κ1) is 12.3. The molecule has 1 aromatic heterocycles. The molecule has 18 heavy (non-hydrogen) atoms. The van der Waals surface area contributed by atoms with Crippen molar-refractivity contribution in [2.75, 3.05) is 5.32 Å². The number of hydrogen-bond donors (Lipinski definition) is 2. The van der Waals surface area contributed by atoms with Gasteiger partial charge in [0, 0.05) is 18.4 Å². The van der Waals surface area contributed by atoms with Gasteiger partial charge in [-0.1, -0.05) is 24.3 Å². The average molecular weight is 241 g/mol. The summed E-state index contributed by atoms with van der Waals surface area (Å²) in [6.07, 6.45) is 1.62. The van der Waals surface area contributed by atoms with Gasteiger partial charge in [-0.25, -0.2) is 0 Å². The molecule has 2 aromatic rings. The Balaban J connectivity index is 2.14. The number of para-hydroxylation sites is 1. The maximum absolute atomic E-state index is 12.0. The molecule has 1 aromatic carbocycles. The lowest BCUT2D eigenvalue weighted by atomic mass is 10.2. The van der Waals surface area contributed by atoms with Crippen molar-refractivity contribution in [3.05, 3.63) is 59.4 Å². The molecule has 0 aliphatic carbocycles. The van der Waals surface area contributed by atoms with Gasteiger partial charge in [0.2, 0.25) is 0 Å². The van der Waals surface area contributed by atoms with Crippen LogP contribution < -0.4 is 11.1 Å². The van der Waals surface area contributed by atoms with E-state index in [1.807, 2.05) is 31.2 Å². The maximum atomic E-state index is 12.0. The molecular weight excluding hydrogens is 226 g/mol. The Morgan fingerprint density at radius 2 is 2.06 bits per heavy atom. The Morgan fingerprint density at radius 1 is 1.28 bits per heavy atom. The minimum absolute atomic E-state index is 0.215. The van der Waals surface area contributed by atoms with Crippen LogP contribution in [-0.2, 0) is 6.54 Å². The number of aromatic nitrogens is 1. The number of hydrogen-bond acceptors (Lipinski definition) is 3. The van der Waals surface area contributed by atoms with Crippen LogP contribution in [0.2, 0.25) is 0 Å². The van der Waals surface area contributed by atoms with E-state index in [4.69, 9.17) is 5.73 Å². The molecule has 1 heterocycles. The van der Waals surface area contributed by atoms with Crippen LogP contribution >= 0.6 is 0 Å². The zero-order valence-corrected chi connectivity index (χ0v) is 10.2. The highest BCUT2D eigenvalue weighted by atomic mass is 16.1. The molecule has 0 saturated carbocycles. The highest BCUT2D eigenvalue weighted by Gasteiger charge is 2.08. The van der Waals surface area contributed by atoms with E-state index in [0.29, 0.717) is 12.2 Å². The number of rotatable bonds is 3. The fourth-order valence-electron chi connectivity index (χ4n) is 1.58. The summed E-state index contributed by atoms with van der Waals surface area (Å²) >= 11 is 0. The molecule has 2 rings (SSSR count). The van der Waals surface area contributed by atoms with Crippen LogP contribution in [0.4, 0.5) is 5.69 Å². The van der Waals surface area contributed by atoms with Crippen molar-refractivity contribution in [3.8, 4) is 0 Å². The topological polar surface area (TPSA) is 68.0 Å². The van der Waals surface area contributed by atoms with E-state index in [-0.39, 0.29) is 5.91 Å². The SMILES string of the molecule is Cc1ccccc1NC(=O)c1ccc(CN)cn1. The Labute approximate surface area is 106 Å². The first-order valence-corrected chi connectivity index (χ1v) is 5.72. The van der Waals surface area contributed by atoms with Crippen LogP contribution in [0.25, 0.3) is 0 Å². The van der Waals surface area contributed by atoms with Crippen LogP contribution in [-0.4, -0.2) is 10.9 Å². The zero-order chi connectivity index (χ0) is 13.0. The van der Waals surface area contributed by atoms with Gasteiger partial charge in [0.05, 0.1) is 0 Å². The number of nitrogens with zero attached hydrogens (tertiary/aromatic N) is 1. The molecule has 3 N–H and O–H groups in total. The van der Waals surface area contributed by atoms with Crippen LogP contribution in [0.3, 0.4) is 0 Å². The fourth-order valence-corrected chi connectivity index (χ4v) is 1.58. The quantitative estimate of drug-likeness (QED) is 0.864. The lowest BCUT2D eigenvalue weighted by Crippen LogP contribution is -2.14. The lowest BCUT2D eigenvalue weighted by molar-refractivity contribution is 0.102. The summed E-state index contributed by atoms with van der Waals surface area (Å²) in [6.45, 7) is 2.37. The standard InChI is InChI=1S/C14H15N3O/c1-10-4-2-3-5-12(10)17-14(18)13-7-6-11(8-15)9-16-13/h2-7,9H,8,15H2,1H3,(H,17,18). The van der Waals surface area contributed by atoms with Gasteiger partial charge in [-0.15, -0.1) is 0 Å². The monoisotopic (exact) mass is 241 g/mol. The van der Waals surface area contributed by atoms with E-state index in [1.165, 1.54) is 0 Å². The number of benzene rings is 1. The summed E-state index contributed by atoms with van der Waals surface area (Å²) in [7, 11) is 0. The summed E-state index contributed by atoms with van der Waals surface area (Å²) in [5.41, 5.74) is 8.58. The molecule has 4 nitrogen and oxygen atoms in total. The Hall–Kier alpha value is -2.20. The van der Waals surface area contributed by atoms with E-state index in [1.54, 1.807) is 18.3 Å². The van der Waals surface area contributed by atoms with Gasteiger partial charge in [-0.2, -0.15) is 0 Å². The van der Waals surface area contributed by atoms with Crippen LogP contribution in [0.15, 0.2) is 42.6 Å². The minimum Gasteiger partial charge on any atom is -0.326 e. The van der Waals surface area contributed by atoms with Crippen molar-refractivity contribution in [2.45, 2.75) is 13.5 Å². The van der Waals surface area contributed by atoms with Crippen LogP contribution in [0.5, 0.6) is 0 Å². The first-order chi connectivity index (χ1) is 8.70. The summed E-state index contributed by atoms with van der Waals surface area (Å²) in [5, 5.41) is 2.83. The van der Waals surface area contributed by atoms with Gasteiger partial charge in [0.25, 0.3) is 5.91 Å². The Morgan fingerprint density at radius 3 is 2.67 bits per heavy atom. The number of nitrogens with two attached hydrogens (primary N) is 1. The van der Waals surface area contributed by atoms with Gasteiger partial charge in [0.1, 0.15) is 5.69 Å². The number of anilines is 1. The second kappa shape index (κ2) is 5.42. The molecule has 0 aliphatic heterocycles. The van der Waals surface area contributed by atoms with Crippen molar-refractivity contribution < 1.29 is 4.79 Å². The summed E-state index contributed by atoms with van der Waals surface area (Å²) in [4.78, 5) is 16.0. The number of nitrogens with one attached hydrogen (secondary N) is 1.